The highest BCUT2D eigenvalue weighted by Crippen LogP contribution is 2.19. The molecule has 6 heteroatoms. The van der Waals surface area contributed by atoms with Gasteiger partial charge >= 0.3 is 0 Å². The molecule has 0 aromatic carbocycles. The van der Waals surface area contributed by atoms with Gasteiger partial charge in [0, 0.05) is 12.4 Å². The van der Waals surface area contributed by atoms with Gasteiger partial charge in [-0.05, 0) is 34.6 Å². The molecule has 0 saturated heterocycles. The lowest BCUT2D eigenvalue weighted by molar-refractivity contribution is 0.457. The van der Waals surface area contributed by atoms with Gasteiger partial charge in [0.2, 0.25) is 0 Å². The van der Waals surface area contributed by atoms with E-state index in [0.29, 0.717) is 11.3 Å². The van der Waals surface area contributed by atoms with Crippen LogP contribution in [0.25, 0.3) is 0 Å². The van der Waals surface area contributed by atoms with Crippen LogP contribution in [0.15, 0.2) is 12.4 Å². The van der Waals surface area contributed by atoms with Gasteiger partial charge in [-0.1, -0.05) is 5.46 Å². The molecule has 4 nitrogen and oxygen atoms in total. The van der Waals surface area contributed by atoms with E-state index in [1.807, 2.05) is 34.6 Å². The molecule has 1 N–H and O–H groups in total. The second-order valence-corrected chi connectivity index (χ2v) is 7.41. The quantitative estimate of drug-likeness (QED) is 0.798. The molecule has 0 bridgehead atoms. The van der Waals surface area contributed by atoms with E-state index < -0.39 is 16.5 Å². The minimum Gasteiger partial charge on any atom is -0.242 e. The summed E-state index contributed by atoms with van der Waals surface area (Å²) < 4.78 is 14.8. The predicted molar refractivity (Wildman–Crippen MR) is 71.5 cm³/mol. The van der Waals surface area contributed by atoms with Crippen LogP contribution < -0.4 is 10.2 Å². The van der Waals surface area contributed by atoms with E-state index in [1.165, 1.54) is 0 Å². The van der Waals surface area contributed by atoms with Gasteiger partial charge in [0.1, 0.15) is 13.7 Å². The largest absolute Gasteiger partial charge is 0.242 e. The molecule has 1 atom stereocenters. The van der Waals surface area contributed by atoms with Crippen molar-refractivity contribution in [2.75, 3.05) is 0 Å². The van der Waals surface area contributed by atoms with Gasteiger partial charge in [0.05, 0.1) is 21.3 Å². The van der Waals surface area contributed by atoms with E-state index in [1.54, 1.807) is 12.4 Å². The second kappa shape index (κ2) is 4.86. The zero-order valence-electron chi connectivity index (χ0n) is 10.9. The Labute approximate surface area is 107 Å². The first-order valence-electron chi connectivity index (χ1n) is 5.40. The number of rotatable bonds is 3. The molecule has 1 aromatic heterocycles. The zero-order chi connectivity index (χ0) is 13.3. The first-order valence-corrected chi connectivity index (χ1v) is 6.55. The highest BCUT2D eigenvalue weighted by Gasteiger charge is 2.30. The number of nitrogens with zero attached hydrogens (tertiary/aromatic N) is 2. The van der Waals surface area contributed by atoms with Gasteiger partial charge in [0.25, 0.3) is 0 Å². The third kappa shape index (κ3) is 3.89. The molecule has 0 aliphatic rings. The highest BCUT2D eigenvalue weighted by molar-refractivity contribution is 7.84. The molecular weight excluding hydrogens is 233 g/mol. The summed E-state index contributed by atoms with van der Waals surface area (Å²) >= 11 is 0. The first-order chi connectivity index (χ1) is 7.63. The summed E-state index contributed by atoms with van der Waals surface area (Å²) in [6.07, 6.45) is 3.09. The fraction of sp³-hybridized carbons (Fsp3) is 0.636. The Kier molecular flexibility index (Phi) is 4.09. The normalized spacial score (nSPS) is 14.6. The van der Waals surface area contributed by atoms with Crippen LogP contribution >= 0.6 is 0 Å². The monoisotopic (exact) mass is 251 g/mol. The number of hydrogen-bond acceptors (Lipinski definition) is 3. The molecule has 0 spiro atoms. The van der Waals surface area contributed by atoms with Crippen molar-refractivity contribution < 1.29 is 4.21 Å². The van der Waals surface area contributed by atoms with Crippen molar-refractivity contribution in [3.8, 4) is 0 Å². The van der Waals surface area contributed by atoms with E-state index in [2.05, 4.69) is 14.7 Å². The molecule has 1 aromatic rings. The van der Waals surface area contributed by atoms with Crippen LogP contribution in [0.2, 0.25) is 0 Å². The predicted octanol–water partition coefficient (Wildman–Crippen LogP) is 0.557. The summed E-state index contributed by atoms with van der Waals surface area (Å²) in [5, 5.41) is 0. The molecular formula is C11H18BN3OS. The molecule has 0 amide bonds. The van der Waals surface area contributed by atoms with Gasteiger partial charge in [-0.2, -0.15) is 0 Å². The Bertz CT molecular complexity index is 412. The van der Waals surface area contributed by atoms with E-state index >= 15 is 0 Å². The zero-order valence-corrected chi connectivity index (χ0v) is 11.8. The van der Waals surface area contributed by atoms with Crippen molar-refractivity contribution in [2.24, 2.45) is 0 Å². The minimum atomic E-state index is -1.17. The lowest BCUT2D eigenvalue weighted by Crippen LogP contribution is -2.45. The highest BCUT2D eigenvalue weighted by atomic mass is 32.2. The molecule has 0 saturated carbocycles. The molecule has 1 unspecified atom stereocenters. The van der Waals surface area contributed by atoms with Crippen LogP contribution in [0.3, 0.4) is 0 Å². The third-order valence-electron chi connectivity index (χ3n) is 2.13. The van der Waals surface area contributed by atoms with Crippen LogP contribution in [0.4, 0.5) is 0 Å². The molecule has 0 fully saturated rings. The van der Waals surface area contributed by atoms with E-state index in [4.69, 9.17) is 7.85 Å². The molecule has 0 aliphatic carbocycles. The Morgan fingerprint density at radius 2 is 1.65 bits per heavy atom. The van der Waals surface area contributed by atoms with Gasteiger partial charge in [-0.15, -0.1) is 0 Å². The van der Waals surface area contributed by atoms with Crippen molar-refractivity contribution in [3.63, 3.8) is 0 Å². The van der Waals surface area contributed by atoms with Gasteiger partial charge in [-0.3, -0.25) is 0 Å². The molecule has 92 valence electrons. The van der Waals surface area contributed by atoms with Crippen LogP contribution in [-0.2, 0) is 16.5 Å². The topological polar surface area (TPSA) is 54.9 Å². The maximum atomic E-state index is 12.0. The first kappa shape index (κ1) is 14.3. The maximum absolute atomic E-state index is 12.0. The summed E-state index contributed by atoms with van der Waals surface area (Å²) in [4.78, 5) is 8.30. The lowest BCUT2D eigenvalue weighted by Gasteiger charge is -2.28. The summed E-state index contributed by atoms with van der Waals surface area (Å²) in [7, 11) is 4.36. The van der Waals surface area contributed by atoms with Crippen molar-refractivity contribution in [1.82, 2.24) is 14.7 Å². The summed E-state index contributed by atoms with van der Waals surface area (Å²) in [5.74, 6) is 0.573. The summed E-state index contributed by atoms with van der Waals surface area (Å²) in [6.45, 7) is 9.52. The number of hydrogen-bond donors (Lipinski definition) is 1. The van der Waals surface area contributed by atoms with E-state index in [0.717, 1.165) is 0 Å². The smallest absolute Gasteiger partial charge is 0.148 e. The molecule has 17 heavy (non-hydrogen) atoms. The molecule has 2 radical (unpaired) electrons. The Morgan fingerprint density at radius 1 is 1.18 bits per heavy atom. The minimum absolute atomic E-state index is 0.328. The van der Waals surface area contributed by atoms with Crippen LogP contribution in [-0.4, -0.2) is 26.8 Å². The standard InChI is InChI=1S/C11H18BN3OS/c1-10(2,3)17(16)15-11(4,5)9-13-6-8(12)7-14-9/h6-7,15H,1-5H3. The molecule has 0 aliphatic heterocycles. The Morgan fingerprint density at radius 3 is 2.06 bits per heavy atom. The van der Waals surface area contributed by atoms with Crippen molar-refractivity contribution in [2.45, 2.75) is 44.9 Å². The SMILES string of the molecule is [B]c1cnc(C(C)(C)NS(=O)C(C)(C)C)nc1. The maximum Gasteiger partial charge on any atom is 0.148 e. The number of aromatic nitrogens is 2. The van der Waals surface area contributed by atoms with Gasteiger partial charge < -0.3 is 0 Å². The summed E-state index contributed by atoms with van der Waals surface area (Å²) in [5.41, 5.74) is -0.0484. The van der Waals surface area contributed by atoms with Gasteiger partial charge in [0.15, 0.2) is 0 Å². The Balaban J connectivity index is 2.89. The molecule has 1 rings (SSSR count). The van der Waals surface area contributed by atoms with Crippen LogP contribution in [0.5, 0.6) is 0 Å². The second-order valence-electron chi connectivity index (χ2n) is 5.45. The average Bonchev–Trinajstić information content (AvgIpc) is 2.16. The Hall–Kier alpha value is -0.745. The average molecular weight is 251 g/mol. The van der Waals surface area contributed by atoms with Gasteiger partial charge in [-0.25, -0.2) is 18.9 Å². The van der Waals surface area contributed by atoms with E-state index in [-0.39, 0.29) is 4.75 Å². The summed E-state index contributed by atoms with van der Waals surface area (Å²) in [6, 6.07) is 0. The van der Waals surface area contributed by atoms with E-state index in [9.17, 15) is 4.21 Å². The van der Waals surface area contributed by atoms with Crippen molar-refractivity contribution in [3.05, 3.63) is 18.2 Å². The van der Waals surface area contributed by atoms with Crippen LogP contribution in [0, 0.1) is 0 Å². The fourth-order valence-electron chi connectivity index (χ4n) is 1.09. The number of nitrogens with one attached hydrogen (secondary N) is 1. The van der Waals surface area contributed by atoms with Crippen LogP contribution in [0.1, 0.15) is 40.4 Å². The van der Waals surface area contributed by atoms with Crippen molar-refractivity contribution in [1.29, 1.82) is 0 Å². The third-order valence-corrected chi connectivity index (χ3v) is 3.94. The fourth-order valence-corrected chi connectivity index (χ4v) is 1.95. The lowest BCUT2D eigenvalue weighted by atomic mass is 10.00. The molecule has 1 heterocycles. The van der Waals surface area contributed by atoms with Crippen molar-refractivity contribution >= 4 is 24.3 Å².